The summed E-state index contributed by atoms with van der Waals surface area (Å²) in [5.74, 6) is 0. The molecule has 66 valence electrons. The molecule has 0 aromatic heterocycles. The van der Waals surface area contributed by atoms with E-state index in [1.165, 1.54) is 19.3 Å². The van der Waals surface area contributed by atoms with Crippen molar-refractivity contribution < 1.29 is 4.80 Å². The van der Waals surface area contributed by atoms with Crippen LogP contribution in [0, 0.1) is 0 Å². The van der Waals surface area contributed by atoms with Crippen LogP contribution in [0.3, 0.4) is 0 Å². The normalized spacial score (nSPS) is 12.7. The van der Waals surface area contributed by atoms with Crippen LogP contribution in [0.25, 0.3) is 0 Å². The second-order valence-corrected chi connectivity index (χ2v) is 7.19. The summed E-state index contributed by atoms with van der Waals surface area (Å²) in [5, 5.41) is 0. The van der Waals surface area contributed by atoms with Crippen molar-refractivity contribution in [2.45, 2.75) is 45.7 Å². The lowest BCUT2D eigenvalue weighted by molar-refractivity contribution is 0.567. The molecule has 2 heteroatoms. The van der Waals surface area contributed by atoms with Crippen molar-refractivity contribution in [2.24, 2.45) is 0 Å². The van der Waals surface area contributed by atoms with Gasteiger partial charge in [0, 0.05) is 0 Å². The van der Waals surface area contributed by atoms with Crippen molar-refractivity contribution in [3.05, 3.63) is 11.8 Å². The van der Waals surface area contributed by atoms with Gasteiger partial charge in [-0.3, -0.25) is 0 Å². The van der Waals surface area contributed by atoms with Crippen LogP contribution in [-0.4, -0.2) is 13.1 Å². The maximum Gasteiger partial charge on any atom is 0.206 e. The first kappa shape index (κ1) is 10.9. The van der Waals surface area contributed by atoms with Gasteiger partial charge in [-0.1, -0.05) is 31.5 Å². The molecule has 11 heavy (non-hydrogen) atoms. The van der Waals surface area contributed by atoms with E-state index < -0.39 is 8.32 Å². The van der Waals surface area contributed by atoms with Crippen molar-refractivity contribution in [3.8, 4) is 0 Å². The van der Waals surface area contributed by atoms with Gasteiger partial charge in [0.05, 0.1) is 0 Å². The molecule has 0 radical (unpaired) electrons. The molecule has 0 heterocycles. The van der Waals surface area contributed by atoms with Gasteiger partial charge in [-0.25, -0.2) is 0 Å². The summed E-state index contributed by atoms with van der Waals surface area (Å²) < 4.78 is 0. The molecule has 0 aliphatic carbocycles. The lowest BCUT2D eigenvalue weighted by atomic mass is 10.2. The molecule has 0 atom stereocenters. The van der Waals surface area contributed by atoms with Crippen LogP contribution in [0.4, 0.5) is 0 Å². The van der Waals surface area contributed by atoms with Crippen molar-refractivity contribution in [3.63, 3.8) is 0 Å². The Kier molecular flexibility index (Phi) is 5.51. The third-order valence-electron chi connectivity index (χ3n) is 1.50. The summed E-state index contributed by atoms with van der Waals surface area (Å²) in [5.41, 5.74) is 2.00. The minimum atomic E-state index is -1.90. The molecule has 0 fully saturated rings. The molecule has 0 unspecified atom stereocenters. The monoisotopic (exact) mass is 172 g/mol. The lowest BCUT2D eigenvalue weighted by Gasteiger charge is -2.05. The molecule has 0 aliphatic rings. The number of unbranched alkanes of at least 4 members (excludes halogenated alkanes) is 3. The average molecular weight is 172 g/mol. The van der Waals surface area contributed by atoms with E-state index in [4.69, 9.17) is 0 Å². The smallest absolute Gasteiger partial charge is 0.206 e. The maximum absolute atomic E-state index is 9.43. The van der Waals surface area contributed by atoms with Gasteiger partial charge >= 0.3 is 0 Å². The van der Waals surface area contributed by atoms with E-state index in [9.17, 15) is 4.80 Å². The number of rotatable bonds is 5. The molecule has 0 aliphatic heterocycles. The molecule has 0 rings (SSSR count). The van der Waals surface area contributed by atoms with Crippen molar-refractivity contribution >= 4 is 8.32 Å². The summed E-state index contributed by atoms with van der Waals surface area (Å²) >= 11 is 0. The van der Waals surface area contributed by atoms with E-state index in [0.717, 1.165) is 6.42 Å². The van der Waals surface area contributed by atoms with Gasteiger partial charge in [0.1, 0.15) is 0 Å². The van der Waals surface area contributed by atoms with Gasteiger partial charge in [0.25, 0.3) is 0 Å². The van der Waals surface area contributed by atoms with Gasteiger partial charge in [-0.15, -0.1) is 0 Å². The Labute approximate surface area is 71.3 Å². The highest BCUT2D eigenvalue weighted by Gasteiger charge is 2.09. The van der Waals surface area contributed by atoms with Crippen molar-refractivity contribution in [2.75, 3.05) is 0 Å². The third-order valence-corrected chi connectivity index (χ3v) is 2.55. The summed E-state index contributed by atoms with van der Waals surface area (Å²) in [6.07, 6.45) is 7.09. The van der Waals surface area contributed by atoms with Crippen LogP contribution in [-0.2, 0) is 0 Å². The van der Waals surface area contributed by atoms with Gasteiger partial charge in [-0.2, -0.15) is 0 Å². The van der Waals surface area contributed by atoms with Gasteiger partial charge < -0.3 is 4.80 Å². The number of allylic oxidation sites excluding steroid dienone is 1. The summed E-state index contributed by atoms with van der Waals surface area (Å²) in [4.78, 5) is 9.43. The Morgan fingerprint density at radius 2 is 1.91 bits per heavy atom. The van der Waals surface area contributed by atoms with E-state index in [2.05, 4.69) is 13.0 Å². The zero-order valence-electron chi connectivity index (χ0n) is 7.93. The molecule has 0 amide bonds. The second kappa shape index (κ2) is 5.55. The summed E-state index contributed by atoms with van der Waals surface area (Å²) in [6.45, 7) is 6.07. The molecule has 0 aromatic carbocycles. The molecule has 0 saturated carbocycles. The molecular weight excluding hydrogens is 152 g/mol. The highest BCUT2D eigenvalue weighted by molar-refractivity contribution is 6.74. The molecule has 0 aromatic rings. The van der Waals surface area contributed by atoms with Gasteiger partial charge in [0.15, 0.2) is 0 Å². The first-order chi connectivity index (χ1) is 5.06. The van der Waals surface area contributed by atoms with Crippen LogP contribution in [0.15, 0.2) is 11.8 Å². The average Bonchev–Trinajstić information content (AvgIpc) is 1.85. The Morgan fingerprint density at radius 1 is 1.27 bits per heavy atom. The predicted octanol–water partition coefficient (Wildman–Crippen LogP) is 2.86. The minimum Gasteiger partial charge on any atom is -0.428 e. The standard InChI is InChI=1S/C9H20OSi/c1-4-5-6-7-8-9-11(2,3)10/h8-10H,4-7H2,1-3H3/b9-8+. The van der Waals surface area contributed by atoms with E-state index in [1.807, 2.05) is 18.8 Å². The van der Waals surface area contributed by atoms with Crippen LogP contribution in [0.2, 0.25) is 13.1 Å². The number of hydrogen-bond donors (Lipinski definition) is 1. The molecule has 0 bridgehead atoms. The summed E-state index contributed by atoms with van der Waals surface area (Å²) in [6, 6.07) is 0. The van der Waals surface area contributed by atoms with Gasteiger partial charge in [0.2, 0.25) is 8.32 Å². The summed E-state index contributed by atoms with van der Waals surface area (Å²) in [7, 11) is -1.90. The maximum atomic E-state index is 9.43. The molecule has 0 saturated heterocycles. The van der Waals surface area contributed by atoms with Crippen LogP contribution in [0.5, 0.6) is 0 Å². The predicted molar refractivity (Wildman–Crippen MR) is 53.0 cm³/mol. The largest absolute Gasteiger partial charge is 0.428 e. The quantitative estimate of drug-likeness (QED) is 0.499. The fourth-order valence-electron chi connectivity index (χ4n) is 0.884. The lowest BCUT2D eigenvalue weighted by Crippen LogP contribution is -2.21. The van der Waals surface area contributed by atoms with Crippen LogP contribution < -0.4 is 0 Å². The Hall–Kier alpha value is -0.0831. The molecule has 1 nitrogen and oxygen atoms in total. The van der Waals surface area contributed by atoms with E-state index >= 15 is 0 Å². The van der Waals surface area contributed by atoms with Crippen molar-refractivity contribution in [1.82, 2.24) is 0 Å². The zero-order chi connectivity index (χ0) is 8.74. The van der Waals surface area contributed by atoms with E-state index in [-0.39, 0.29) is 0 Å². The second-order valence-electron chi connectivity index (χ2n) is 3.55. The fraction of sp³-hybridized carbons (Fsp3) is 0.778. The third kappa shape index (κ3) is 9.92. The minimum absolute atomic E-state index is 1.13. The first-order valence-electron chi connectivity index (χ1n) is 4.46. The van der Waals surface area contributed by atoms with E-state index in [1.54, 1.807) is 0 Å². The van der Waals surface area contributed by atoms with Crippen molar-refractivity contribution in [1.29, 1.82) is 0 Å². The molecule has 0 spiro atoms. The first-order valence-corrected chi connectivity index (χ1v) is 7.49. The van der Waals surface area contributed by atoms with Crippen LogP contribution >= 0.6 is 0 Å². The van der Waals surface area contributed by atoms with E-state index in [0.29, 0.717) is 0 Å². The molecular formula is C9H20OSi. The van der Waals surface area contributed by atoms with Gasteiger partial charge in [-0.05, 0) is 25.9 Å². The fourth-order valence-corrected chi connectivity index (χ4v) is 1.63. The Bertz CT molecular complexity index is 113. The molecule has 1 N–H and O–H groups in total. The Morgan fingerprint density at radius 3 is 2.36 bits per heavy atom. The SMILES string of the molecule is CCCCC/C=C/[Si](C)(C)O. The zero-order valence-corrected chi connectivity index (χ0v) is 8.93. The highest BCUT2D eigenvalue weighted by Crippen LogP contribution is 2.03. The topological polar surface area (TPSA) is 20.2 Å². The highest BCUT2D eigenvalue weighted by atomic mass is 28.4. The Balaban J connectivity index is 3.30. The van der Waals surface area contributed by atoms with Crippen LogP contribution in [0.1, 0.15) is 32.6 Å². The number of hydrogen-bond acceptors (Lipinski definition) is 1.